The van der Waals surface area contributed by atoms with E-state index in [0.29, 0.717) is 0 Å². The molecule has 1 N–H and O–H groups in total. The Kier molecular flexibility index (Phi) is 5.12. The average Bonchev–Trinajstić information content (AvgIpc) is 1.85. The van der Waals surface area contributed by atoms with Crippen molar-refractivity contribution in [2.45, 2.75) is 13.3 Å². The lowest BCUT2D eigenvalue weighted by atomic mass is 10.3. The Morgan fingerprint density at radius 1 is 1.78 bits per heavy atom. The zero-order valence-electron chi connectivity index (χ0n) is 6.15. The summed E-state index contributed by atoms with van der Waals surface area (Å²) >= 11 is 0. The van der Waals surface area contributed by atoms with Gasteiger partial charge in [-0.25, -0.2) is 0 Å². The molecule has 2 nitrogen and oxygen atoms in total. The molecule has 0 bridgehead atoms. The van der Waals surface area contributed by atoms with Crippen molar-refractivity contribution < 1.29 is 0 Å². The van der Waals surface area contributed by atoms with Crippen molar-refractivity contribution in [2.75, 3.05) is 13.6 Å². The van der Waals surface area contributed by atoms with Gasteiger partial charge in [-0.1, -0.05) is 6.58 Å². The number of aliphatic imine (C=N–C) groups is 1. The van der Waals surface area contributed by atoms with Crippen molar-refractivity contribution in [3.05, 3.63) is 12.3 Å². The van der Waals surface area contributed by atoms with Crippen LogP contribution >= 0.6 is 0 Å². The van der Waals surface area contributed by atoms with Crippen LogP contribution in [0.1, 0.15) is 13.3 Å². The lowest BCUT2D eigenvalue weighted by molar-refractivity contribution is 0.783. The zero-order valence-corrected chi connectivity index (χ0v) is 6.15. The maximum atomic E-state index is 4.00. The molecule has 0 fully saturated rings. The molecule has 0 atom stereocenters. The van der Waals surface area contributed by atoms with Crippen LogP contribution in [0.4, 0.5) is 0 Å². The fourth-order valence-corrected chi connectivity index (χ4v) is 0.516. The van der Waals surface area contributed by atoms with E-state index in [1.807, 2.05) is 14.0 Å². The number of nitrogens with one attached hydrogen (secondary N) is 1. The SMILES string of the molecule is C=C(CCNC)/N=C\C. The van der Waals surface area contributed by atoms with E-state index in [9.17, 15) is 0 Å². The minimum atomic E-state index is 0.931. The van der Waals surface area contributed by atoms with Gasteiger partial charge in [0.15, 0.2) is 0 Å². The summed E-state index contributed by atoms with van der Waals surface area (Å²) in [6, 6.07) is 0. The summed E-state index contributed by atoms with van der Waals surface area (Å²) in [6.07, 6.45) is 2.69. The minimum absolute atomic E-state index is 0.931. The van der Waals surface area contributed by atoms with Gasteiger partial charge in [0.05, 0.1) is 0 Å². The first-order valence-corrected chi connectivity index (χ1v) is 3.12. The lowest BCUT2D eigenvalue weighted by Gasteiger charge is -1.96. The molecule has 0 aliphatic heterocycles. The second-order valence-electron chi connectivity index (χ2n) is 1.81. The summed E-state index contributed by atoms with van der Waals surface area (Å²) in [6.45, 7) is 6.59. The highest BCUT2D eigenvalue weighted by Gasteiger charge is 1.85. The normalized spacial score (nSPS) is 10.4. The average molecular weight is 126 g/mol. The number of rotatable bonds is 4. The standard InChI is InChI=1S/C7H14N2/c1-4-9-7(2)5-6-8-3/h4,8H,2,5-6H2,1,3H3/b9-4-. The monoisotopic (exact) mass is 126 g/mol. The molecule has 0 aliphatic carbocycles. The highest BCUT2D eigenvalue weighted by molar-refractivity contribution is 5.54. The molecule has 9 heavy (non-hydrogen) atoms. The van der Waals surface area contributed by atoms with E-state index in [2.05, 4.69) is 16.9 Å². The van der Waals surface area contributed by atoms with E-state index in [1.54, 1.807) is 6.21 Å². The first-order chi connectivity index (χ1) is 4.31. The van der Waals surface area contributed by atoms with E-state index >= 15 is 0 Å². The van der Waals surface area contributed by atoms with Gasteiger partial charge >= 0.3 is 0 Å². The van der Waals surface area contributed by atoms with Gasteiger partial charge in [0.2, 0.25) is 0 Å². The fraction of sp³-hybridized carbons (Fsp3) is 0.571. The summed E-state index contributed by atoms with van der Waals surface area (Å²) in [4.78, 5) is 4.00. The van der Waals surface area contributed by atoms with E-state index in [4.69, 9.17) is 0 Å². The Bertz CT molecular complexity index is 105. The largest absolute Gasteiger partial charge is 0.319 e. The van der Waals surface area contributed by atoms with Crippen LogP contribution in [0.3, 0.4) is 0 Å². The fourth-order valence-electron chi connectivity index (χ4n) is 0.516. The molecule has 0 radical (unpaired) electrons. The van der Waals surface area contributed by atoms with Gasteiger partial charge in [-0.05, 0) is 14.0 Å². The predicted molar refractivity (Wildman–Crippen MR) is 41.8 cm³/mol. The lowest BCUT2D eigenvalue weighted by Crippen LogP contribution is -2.07. The van der Waals surface area contributed by atoms with Crippen molar-refractivity contribution in [3.63, 3.8) is 0 Å². The molecule has 0 aliphatic rings. The second-order valence-corrected chi connectivity index (χ2v) is 1.81. The topological polar surface area (TPSA) is 24.4 Å². The van der Waals surface area contributed by atoms with Crippen LogP contribution in [0, 0.1) is 0 Å². The molecule has 0 aromatic rings. The third-order valence-electron chi connectivity index (χ3n) is 0.975. The summed E-state index contributed by atoms with van der Waals surface area (Å²) in [5.74, 6) is 0. The second kappa shape index (κ2) is 5.51. The smallest absolute Gasteiger partial charge is 0.0340 e. The van der Waals surface area contributed by atoms with Crippen LogP contribution in [-0.4, -0.2) is 19.8 Å². The highest BCUT2D eigenvalue weighted by Crippen LogP contribution is 1.95. The quantitative estimate of drug-likeness (QED) is 0.562. The molecule has 0 saturated carbocycles. The molecule has 0 rings (SSSR count). The summed E-state index contributed by atoms with van der Waals surface area (Å²) in [5.41, 5.74) is 0.937. The van der Waals surface area contributed by atoms with Gasteiger partial charge in [0, 0.05) is 24.9 Å². The molecule has 0 aromatic carbocycles. The number of nitrogens with zero attached hydrogens (tertiary/aromatic N) is 1. The van der Waals surface area contributed by atoms with Crippen molar-refractivity contribution in [3.8, 4) is 0 Å². The molecule has 0 amide bonds. The van der Waals surface area contributed by atoms with Gasteiger partial charge in [-0.2, -0.15) is 0 Å². The molecule has 0 spiro atoms. The van der Waals surface area contributed by atoms with Crippen molar-refractivity contribution in [1.82, 2.24) is 5.32 Å². The first-order valence-electron chi connectivity index (χ1n) is 3.12. The van der Waals surface area contributed by atoms with E-state index < -0.39 is 0 Å². The van der Waals surface area contributed by atoms with Crippen LogP contribution in [0.2, 0.25) is 0 Å². The van der Waals surface area contributed by atoms with Crippen LogP contribution in [0.25, 0.3) is 0 Å². The molecule has 0 aromatic heterocycles. The Balaban J connectivity index is 3.27. The maximum absolute atomic E-state index is 4.00. The number of hydrogen-bond acceptors (Lipinski definition) is 2. The first kappa shape index (κ1) is 8.37. The Hall–Kier alpha value is -0.630. The van der Waals surface area contributed by atoms with Gasteiger partial charge in [0.1, 0.15) is 0 Å². The van der Waals surface area contributed by atoms with E-state index in [1.165, 1.54) is 0 Å². The van der Waals surface area contributed by atoms with Crippen LogP contribution in [0.5, 0.6) is 0 Å². The Morgan fingerprint density at radius 2 is 2.44 bits per heavy atom. The summed E-state index contributed by atoms with van der Waals surface area (Å²) < 4.78 is 0. The molecule has 0 heterocycles. The zero-order chi connectivity index (χ0) is 7.11. The third-order valence-corrected chi connectivity index (χ3v) is 0.975. The van der Waals surface area contributed by atoms with Crippen LogP contribution in [-0.2, 0) is 0 Å². The molecular weight excluding hydrogens is 112 g/mol. The van der Waals surface area contributed by atoms with Crippen molar-refractivity contribution >= 4 is 6.21 Å². The molecule has 2 heteroatoms. The van der Waals surface area contributed by atoms with Gasteiger partial charge in [-0.15, -0.1) is 0 Å². The molecule has 52 valence electrons. The van der Waals surface area contributed by atoms with E-state index in [-0.39, 0.29) is 0 Å². The van der Waals surface area contributed by atoms with Gasteiger partial charge in [-0.3, -0.25) is 4.99 Å². The summed E-state index contributed by atoms with van der Waals surface area (Å²) in [5, 5.41) is 3.02. The van der Waals surface area contributed by atoms with E-state index in [0.717, 1.165) is 18.7 Å². The van der Waals surface area contributed by atoms with Crippen LogP contribution in [0.15, 0.2) is 17.3 Å². The van der Waals surface area contributed by atoms with Crippen LogP contribution < -0.4 is 5.32 Å². The molecule has 0 saturated heterocycles. The highest BCUT2D eigenvalue weighted by atomic mass is 14.8. The van der Waals surface area contributed by atoms with Crippen molar-refractivity contribution in [2.24, 2.45) is 4.99 Å². The molecular formula is C7H14N2. The minimum Gasteiger partial charge on any atom is -0.319 e. The van der Waals surface area contributed by atoms with Crippen molar-refractivity contribution in [1.29, 1.82) is 0 Å². The third kappa shape index (κ3) is 5.24. The van der Waals surface area contributed by atoms with Gasteiger partial charge in [0.25, 0.3) is 0 Å². The summed E-state index contributed by atoms with van der Waals surface area (Å²) in [7, 11) is 1.92. The number of hydrogen-bond donors (Lipinski definition) is 1. The Morgan fingerprint density at radius 3 is 2.89 bits per heavy atom. The molecule has 0 unspecified atom stereocenters. The maximum Gasteiger partial charge on any atom is 0.0340 e. The van der Waals surface area contributed by atoms with Gasteiger partial charge < -0.3 is 5.32 Å². The Labute approximate surface area is 56.7 Å². The predicted octanol–water partition coefficient (Wildman–Crippen LogP) is 1.20.